The first-order chi connectivity index (χ1) is 15.9. The zero-order valence-corrected chi connectivity index (χ0v) is 19.1. The number of amidine groups is 1. The Morgan fingerprint density at radius 1 is 1.24 bits per heavy atom. The Labute approximate surface area is 193 Å². The van der Waals surface area contributed by atoms with Crippen molar-refractivity contribution in [3.63, 3.8) is 0 Å². The van der Waals surface area contributed by atoms with Crippen molar-refractivity contribution in [2.45, 2.75) is 26.2 Å². The van der Waals surface area contributed by atoms with Gasteiger partial charge in [-0.2, -0.15) is 4.99 Å². The highest BCUT2D eigenvalue weighted by molar-refractivity contribution is 6.17. The summed E-state index contributed by atoms with van der Waals surface area (Å²) in [4.78, 5) is 47.9. The molecule has 1 N–H and O–H groups in total. The number of aliphatic imine (C=N–C) groups is 2. The van der Waals surface area contributed by atoms with Crippen LogP contribution in [-0.4, -0.2) is 80.5 Å². The summed E-state index contributed by atoms with van der Waals surface area (Å²) in [5, 5.41) is 2.81. The fourth-order valence-electron chi connectivity index (χ4n) is 4.53. The van der Waals surface area contributed by atoms with Gasteiger partial charge in [-0.15, -0.1) is 0 Å². The molecule has 1 aromatic carbocycles. The second-order valence-corrected chi connectivity index (χ2v) is 8.72. The van der Waals surface area contributed by atoms with Gasteiger partial charge < -0.3 is 14.8 Å². The third-order valence-electron chi connectivity index (χ3n) is 6.45. The molecule has 9 nitrogen and oxygen atoms in total. The van der Waals surface area contributed by atoms with E-state index in [1.165, 1.54) is 0 Å². The predicted octanol–water partition coefficient (Wildman–Crippen LogP) is 1.43. The lowest BCUT2D eigenvalue weighted by atomic mass is 9.88. The van der Waals surface area contributed by atoms with Gasteiger partial charge in [-0.25, -0.2) is 4.99 Å². The van der Waals surface area contributed by atoms with E-state index in [-0.39, 0.29) is 42.5 Å². The molecule has 0 saturated carbocycles. The highest BCUT2D eigenvalue weighted by Gasteiger charge is 2.32. The lowest BCUT2D eigenvalue weighted by molar-refractivity contribution is -0.123. The van der Waals surface area contributed by atoms with Gasteiger partial charge in [0.05, 0.1) is 33.4 Å². The Kier molecular flexibility index (Phi) is 7.29. The molecule has 1 unspecified atom stereocenters. The van der Waals surface area contributed by atoms with Crippen LogP contribution in [-0.2, 0) is 14.3 Å². The molecule has 0 aromatic heterocycles. The highest BCUT2D eigenvalue weighted by atomic mass is 16.5. The van der Waals surface area contributed by atoms with Crippen LogP contribution in [0.3, 0.4) is 0 Å². The Balaban J connectivity index is 1.22. The molecule has 176 valence electrons. The average Bonchev–Trinajstić information content (AvgIpc) is 2.83. The van der Waals surface area contributed by atoms with Crippen LogP contribution in [0.5, 0.6) is 5.75 Å². The molecule has 0 bridgehead atoms. The number of rotatable bonds is 7. The van der Waals surface area contributed by atoms with Crippen LogP contribution in [0.1, 0.15) is 35.2 Å². The van der Waals surface area contributed by atoms with Gasteiger partial charge in [-0.05, 0) is 56.6 Å². The fourth-order valence-corrected chi connectivity index (χ4v) is 4.53. The molecule has 0 aliphatic carbocycles. The van der Waals surface area contributed by atoms with Gasteiger partial charge in [-0.1, -0.05) is 0 Å². The van der Waals surface area contributed by atoms with E-state index < -0.39 is 0 Å². The molecule has 0 spiro atoms. The maximum absolute atomic E-state index is 12.9. The van der Waals surface area contributed by atoms with Crippen LogP contribution < -0.4 is 10.1 Å². The van der Waals surface area contributed by atoms with Crippen molar-refractivity contribution in [2.75, 3.05) is 46.5 Å². The Morgan fingerprint density at radius 3 is 2.76 bits per heavy atom. The Morgan fingerprint density at radius 2 is 2.03 bits per heavy atom. The van der Waals surface area contributed by atoms with E-state index in [1.54, 1.807) is 7.11 Å². The van der Waals surface area contributed by atoms with Crippen molar-refractivity contribution in [1.82, 2.24) is 10.2 Å². The van der Waals surface area contributed by atoms with Crippen molar-refractivity contribution in [2.24, 2.45) is 21.8 Å². The number of nitrogens with one attached hydrogen (secondary N) is 1. The minimum absolute atomic E-state index is 0.0389. The molecular weight excluding hydrogens is 424 g/mol. The number of piperidine rings is 1. The lowest BCUT2D eigenvalue weighted by Crippen LogP contribution is -2.44. The van der Waals surface area contributed by atoms with E-state index in [0.29, 0.717) is 44.1 Å². The molecule has 3 heterocycles. The maximum Gasteiger partial charge on any atom is 0.258 e. The normalized spacial score (nSPS) is 21.6. The quantitative estimate of drug-likeness (QED) is 0.624. The second-order valence-electron chi connectivity index (χ2n) is 8.72. The average molecular weight is 455 g/mol. The number of amides is 2. The number of nitrogens with zero attached hydrogens (tertiary/aromatic N) is 3. The van der Waals surface area contributed by atoms with Crippen molar-refractivity contribution < 1.29 is 23.9 Å². The molecular formula is C24H30N4O5. The molecule has 1 aromatic rings. The number of ketones is 1. The SMILES string of the molecule is COc1ccc(C(=O)C2CCN(CC(=O)NCC3=NC(=O)C4COCCC4=N3)CC2)cc1C. The molecule has 2 amide bonds. The number of carbonyl (C=O) groups excluding carboxylic acids is 3. The molecule has 2 fully saturated rings. The molecule has 2 saturated heterocycles. The van der Waals surface area contributed by atoms with Gasteiger partial charge >= 0.3 is 0 Å². The van der Waals surface area contributed by atoms with Crippen LogP contribution in [0.25, 0.3) is 0 Å². The second kappa shape index (κ2) is 10.4. The van der Waals surface area contributed by atoms with Crippen LogP contribution in [0.4, 0.5) is 0 Å². The molecule has 3 aliphatic heterocycles. The highest BCUT2D eigenvalue weighted by Crippen LogP contribution is 2.25. The van der Waals surface area contributed by atoms with Gasteiger partial charge in [0, 0.05) is 23.6 Å². The van der Waals surface area contributed by atoms with Gasteiger partial charge in [0.25, 0.3) is 5.91 Å². The minimum Gasteiger partial charge on any atom is -0.496 e. The molecule has 3 aliphatic rings. The van der Waals surface area contributed by atoms with E-state index in [1.807, 2.05) is 30.0 Å². The maximum atomic E-state index is 12.9. The number of Topliss-reactive ketones (excluding diaryl/α,β-unsaturated/α-hetero) is 1. The zero-order chi connectivity index (χ0) is 23.4. The van der Waals surface area contributed by atoms with Crippen molar-refractivity contribution in [3.05, 3.63) is 29.3 Å². The summed E-state index contributed by atoms with van der Waals surface area (Å²) in [6, 6.07) is 5.53. The number of aryl methyl sites for hydroxylation is 1. The molecule has 0 radical (unpaired) electrons. The van der Waals surface area contributed by atoms with Crippen LogP contribution in [0.2, 0.25) is 0 Å². The molecule has 9 heteroatoms. The topological polar surface area (TPSA) is 110 Å². The lowest BCUT2D eigenvalue weighted by Gasteiger charge is -2.30. The molecule has 4 rings (SSSR count). The van der Waals surface area contributed by atoms with Gasteiger partial charge in [0.15, 0.2) is 11.6 Å². The van der Waals surface area contributed by atoms with E-state index in [9.17, 15) is 14.4 Å². The summed E-state index contributed by atoms with van der Waals surface area (Å²) < 4.78 is 10.6. The van der Waals surface area contributed by atoms with E-state index in [4.69, 9.17) is 9.47 Å². The Bertz CT molecular complexity index is 995. The van der Waals surface area contributed by atoms with Gasteiger partial charge in [0.2, 0.25) is 5.91 Å². The number of ether oxygens (including phenoxy) is 2. The summed E-state index contributed by atoms with van der Waals surface area (Å²) in [5.41, 5.74) is 2.45. The number of methoxy groups -OCH3 is 1. The fraction of sp³-hybridized carbons (Fsp3) is 0.542. The zero-order valence-electron chi connectivity index (χ0n) is 19.1. The number of carbonyl (C=O) groups is 3. The van der Waals surface area contributed by atoms with Crippen molar-refractivity contribution in [1.29, 1.82) is 0 Å². The summed E-state index contributed by atoms with van der Waals surface area (Å²) in [7, 11) is 1.62. The summed E-state index contributed by atoms with van der Waals surface area (Å²) in [6.07, 6.45) is 2.05. The largest absolute Gasteiger partial charge is 0.496 e. The van der Waals surface area contributed by atoms with E-state index >= 15 is 0 Å². The smallest absolute Gasteiger partial charge is 0.258 e. The first-order valence-corrected chi connectivity index (χ1v) is 11.4. The standard InChI is InChI=1S/C24H30N4O5/c1-15-11-17(3-4-20(15)32-2)23(30)16-5-8-28(9-6-16)13-22(29)25-12-21-26-19-7-10-33-14-18(19)24(31)27-21/h3-4,11,16,18H,5-10,12-14H2,1-2H3,(H,25,29). The summed E-state index contributed by atoms with van der Waals surface area (Å²) in [6.45, 7) is 4.56. The molecule has 33 heavy (non-hydrogen) atoms. The van der Waals surface area contributed by atoms with E-state index in [2.05, 4.69) is 15.3 Å². The summed E-state index contributed by atoms with van der Waals surface area (Å²) in [5.74, 6) is 0.468. The number of hydrogen-bond acceptors (Lipinski definition) is 7. The van der Waals surface area contributed by atoms with Crippen LogP contribution in [0.15, 0.2) is 28.2 Å². The molecule has 1 atom stereocenters. The van der Waals surface area contributed by atoms with Crippen molar-refractivity contribution in [3.8, 4) is 5.75 Å². The third kappa shape index (κ3) is 5.54. The van der Waals surface area contributed by atoms with Gasteiger partial charge in [0.1, 0.15) is 11.7 Å². The minimum atomic E-state index is -0.371. The third-order valence-corrected chi connectivity index (χ3v) is 6.45. The number of likely N-dealkylation sites (tertiary alicyclic amines) is 1. The number of benzene rings is 1. The first kappa shape index (κ1) is 23.3. The van der Waals surface area contributed by atoms with Crippen LogP contribution in [0, 0.1) is 18.8 Å². The van der Waals surface area contributed by atoms with Crippen molar-refractivity contribution >= 4 is 29.1 Å². The summed E-state index contributed by atoms with van der Waals surface area (Å²) >= 11 is 0. The van der Waals surface area contributed by atoms with Gasteiger partial charge in [-0.3, -0.25) is 19.3 Å². The van der Waals surface area contributed by atoms with E-state index in [0.717, 1.165) is 29.9 Å². The first-order valence-electron chi connectivity index (χ1n) is 11.4. The number of fused-ring (bicyclic) bond motifs is 1. The monoisotopic (exact) mass is 454 g/mol. The Hall–Kier alpha value is -2.91. The predicted molar refractivity (Wildman–Crippen MR) is 123 cm³/mol. The number of hydrogen-bond donors (Lipinski definition) is 1. The van der Waals surface area contributed by atoms with Crippen LogP contribution >= 0.6 is 0 Å².